The summed E-state index contributed by atoms with van der Waals surface area (Å²) in [5.74, 6) is 1.07. The molecule has 4 rings (SSSR count). The quantitative estimate of drug-likeness (QED) is 0.484. The molecular weight excluding hydrogens is 424 g/mol. The van der Waals surface area contributed by atoms with Crippen LogP contribution in [0.4, 0.5) is 0 Å². The van der Waals surface area contributed by atoms with Crippen LogP contribution in [0.5, 0.6) is 5.75 Å². The maximum absolute atomic E-state index is 13.7. The van der Waals surface area contributed by atoms with Gasteiger partial charge in [0.1, 0.15) is 5.75 Å². The molecule has 0 saturated carbocycles. The number of nitrogens with zero attached hydrogens (tertiary/aromatic N) is 4. The topological polar surface area (TPSA) is 41.0 Å². The third kappa shape index (κ3) is 5.45. The van der Waals surface area contributed by atoms with Crippen molar-refractivity contribution in [3.05, 3.63) is 65.4 Å². The SMILES string of the molecule is COc1ccc(CCN2CCN(C(=O)c3c(C)n(CCCN(C)C)c4ccccc34)CC2)cc1. The lowest BCUT2D eigenvalue weighted by Crippen LogP contribution is -2.49. The van der Waals surface area contributed by atoms with Crippen molar-refractivity contribution < 1.29 is 9.53 Å². The molecule has 34 heavy (non-hydrogen) atoms. The number of carbonyl (C=O) groups excluding carboxylic acids is 1. The fraction of sp³-hybridized carbons (Fsp3) is 0.464. The molecule has 0 aliphatic carbocycles. The van der Waals surface area contributed by atoms with Crippen molar-refractivity contribution in [3.8, 4) is 5.75 Å². The summed E-state index contributed by atoms with van der Waals surface area (Å²) in [4.78, 5) is 20.4. The minimum absolute atomic E-state index is 0.176. The fourth-order valence-corrected chi connectivity index (χ4v) is 4.95. The highest BCUT2D eigenvalue weighted by atomic mass is 16.5. The van der Waals surface area contributed by atoms with Crippen LogP contribution in [0.2, 0.25) is 0 Å². The number of piperazine rings is 1. The molecule has 0 radical (unpaired) electrons. The van der Waals surface area contributed by atoms with Gasteiger partial charge < -0.3 is 19.1 Å². The van der Waals surface area contributed by atoms with Crippen molar-refractivity contribution in [1.82, 2.24) is 19.3 Å². The highest BCUT2D eigenvalue weighted by molar-refractivity contribution is 6.08. The Morgan fingerprint density at radius 1 is 0.971 bits per heavy atom. The molecule has 0 bridgehead atoms. The van der Waals surface area contributed by atoms with Crippen LogP contribution in [0.15, 0.2) is 48.5 Å². The number of ether oxygens (including phenoxy) is 1. The summed E-state index contributed by atoms with van der Waals surface area (Å²) >= 11 is 0. The van der Waals surface area contributed by atoms with Crippen LogP contribution in [0, 0.1) is 6.92 Å². The van der Waals surface area contributed by atoms with Crippen LogP contribution in [0.1, 0.15) is 28.0 Å². The van der Waals surface area contributed by atoms with Crippen molar-refractivity contribution in [3.63, 3.8) is 0 Å². The van der Waals surface area contributed by atoms with Gasteiger partial charge in [-0.15, -0.1) is 0 Å². The minimum Gasteiger partial charge on any atom is -0.497 e. The van der Waals surface area contributed by atoms with Gasteiger partial charge in [-0.2, -0.15) is 0 Å². The van der Waals surface area contributed by atoms with E-state index in [4.69, 9.17) is 4.74 Å². The minimum atomic E-state index is 0.176. The molecule has 1 fully saturated rings. The molecule has 2 heterocycles. The van der Waals surface area contributed by atoms with Gasteiger partial charge >= 0.3 is 0 Å². The maximum atomic E-state index is 13.7. The zero-order valence-electron chi connectivity index (χ0n) is 21.1. The number of fused-ring (bicyclic) bond motifs is 1. The fourth-order valence-electron chi connectivity index (χ4n) is 4.95. The van der Waals surface area contributed by atoms with Crippen LogP contribution in [0.3, 0.4) is 0 Å². The molecular formula is C28H38N4O2. The molecule has 2 aromatic carbocycles. The summed E-state index contributed by atoms with van der Waals surface area (Å²) in [6.45, 7) is 8.48. The van der Waals surface area contributed by atoms with Gasteiger partial charge in [-0.25, -0.2) is 0 Å². The second kappa shape index (κ2) is 11.1. The lowest BCUT2D eigenvalue weighted by molar-refractivity contribution is 0.0639. The van der Waals surface area contributed by atoms with E-state index >= 15 is 0 Å². The molecule has 0 N–H and O–H groups in total. The number of methoxy groups -OCH3 is 1. The molecule has 1 aliphatic rings. The third-order valence-electron chi connectivity index (χ3n) is 6.97. The monoisotopic (exact) mass is 462 g/mol. The molecule has 182 valence electrons. The molecule has 6 nitrogen and oxygen atoms in total. The first-order valence-electron chi connectivity index (χ1n) is 12.3. The first-order valence-corrected chi connectivity index (χ1v) is 12.3. The Labute approximate surface area is 203 Å². The number of carbonyl (C=O) groups is 1. The first kappa shape index (κ1) is 24.3. The van der Waals surface area contributed by atoms with E-state index in [1.165, 1.54) is 11.1 Å². The first-order chi connectivity index (χ1) is 16.5. The summed E-state index contributed by atoms with van der Waals surface area (Å²) in [6, 6.07) is 16.7. The molecule has 1 aliphatic heterocycles. The van der Waals surface area contributed by atoms with E-state index in [2.05, 4.69) is 65.7 Å². The van der Waals surface area contributed by atoms with Gasteiger partial charge in [0.15, 0.2) is 0 Å². The molecule has 0 spiro atoms. The van der Waals surface area contributed by atoms with Crippen LogP contribution < -0.4 is 4.74 Å². The molecule has 1 saturated heterocycles. The Kier molecular flexibility index (Phi) is 7.91. The number of aromatic nitrogens is 1. The second-order valence-electron chi connectivity index (χ2n) is 9.52. The normalized spacial score (nSPS) is 14.8. The van der Waals surface area contributed by atoms with E-state index in [-0.39, 0.29) is 5.91 Å². The number of hydrogen-bond donors (Lipinski definition) is 0. The predicted octanol–water partition coefficient (Wildman–Crippen LogP) is 3.91. The highest BCUT2D eigenvalue weighted by Gasteiger charge is 2.27. The van der Waals surface area contributed by atoms with Crippen LogP contribution >= 0.6 is 0 Å². The van der Waals surface area contributed by atoms with E-state index in [9.17, 15) is 4.79 Å². The highest BCUT2D eigenvalue weighted by Crippen LogP contribution is 2.28. The van der Waals surface area contributed by atoms with Crippen molar-refractivity contribution >= 4 is 16.8 Å². The zero-order valence-corrected chi connectivity index (χ0v) is 21.1. The molecule has 6 heteroatoms. The Balaban J connectivity index is 1.39. The van der Waals surface area contributed by atoms with E-state index in [1.54, 1.807) is 7.11 Å². The number of amides is 1. The van der Waals surface area contributed by atoms with E-state index in [0.29, 0.717) is 0 Å². The van der Waals surface area contributed by atoms with Gasteiger partial charge in [-0.3, -0.25) is 9.69 Å². The van der Waals surface area contributed by atoms with Gasteiger partial charge in [0.05, 0.1) is 12.7 Å². The Bertz CT molecular complexity index is 1100. The summed E-state index contributed by atoms with van der Waals surface area (Å²) < 4.78 is 7.58. The van der Waals surface area contributed by atoms with Crippen molar-refractivity contribution in [2.24, 2.45) is 0 Å². The van der Waals surface area contributed by atoms with Crippen LogP contribution in [-0.2, 0) is 13.0 Å². The Morgan fingerprint density at radius 2 is 1.68 bits per heavy atom. The summed E-state index contributed by atoms with van der Waals surface area (Å²) in [6.07, 6.45) is 2.07. The lowest BCUT2D eigenvalue weighted by Gasteiger charge is -2.35. The van der Waals surface area contributed by atoms with Gasteiger partial charge in [-0.05, 0) is 64.2 Å². The predicted molar refractivity (Wildman–Crippen MR) is 139 cm³/mol. The summed E-state index contributed by atoms with van der Waals surface area (Å²) in [7, 11) is 5.90. The average Bonchev–Trinajstić information content (AvgIpc) is 3.14. The summed E-state index contributed by atoms with van der Waals surface area (Å²) in [5.41, 5.74) is 4.45. The number of rotatable bonds is 9. The molecule has 1 amide bonds. The van der Waals surface area contributed by atoms with Crippen molar-refractivity contribution in [2.75, 3.05) is 60.5 Å². The zero-order chi connectivity index (χ0) is 24.1. The lowest BCUT2D eigenvalue weighted by atomic mass is 10.1. The van der Waals surface area contributed by atoms with Crippen molar-refractivity contribution in [2.45, 2.75) is 26.3 Å². The van der Waals surface area contributed by atoms with Crippen LogP contribution in [-0.4, -0.2) is 85.6 Å². The van der Waals surface area contributed by atoms with Gasteiger partial charge in [-0.1, -0.05) is 30.3 Å². The number of para-hydroxylation sites is 1. The standard InChI is InChI=1S/C28H38N4O2/c1-22-27(25-8-5-6-9-26(25)32(22)16-7-15-29(2)3)28(33)31-20-18-30(19-21-31)17-14-23-10-12-24(34-4)13-11-23/h5-6,8-13H,7,14-21H2,1-4H3. The van der Waals surface area contributed by atoms with Gasteiger partial charge in [0.2, 0.25) is 0 Å². The second-order valence-corrected chi connectivity index (χ2v) is 9.52. The maximum Gasteiger partial charge on any atom is 0.256 e. The Morgan fingerprint density at radius 3 is 2.35 bits per heavy atom. The molecule has 3 aromatic rings. The average molecular weight is 463 g/mol. The van der Waals surface area contributed by atoms with Gasteiger partial charge in [0, 0.05) is 55.9 Å². The molecule has 0 unspecified atom stereocenters. The van der Waals surface area contributed by atoms with E-state index < -0.39 is 0 Å². The smallest absolute Gasteiger partial charge is 0.256 e. The van der Waals surface area contributed by atoms with Crippen molar-refractivity contribution in [1.29, 1.82) is 0 Å². The largest absolute Gasteiger partial charge is 0.497 e. The summed E-state index contributed by atoms with van der Waals surface area (Å²) in [5, 5.41) is 1.08. The number of benzene rings is 2. The van der Waals surface area contributed by atoms with Crippen LogP contribution in [0.25, 0.3) is 10.9 Å². The number of aryl methyl sites for hydroxylation is 1. The van der Waals surface area contributed by atoms with E-state index in [0.717, 1.165) is 81.0 Å². The van der Waals surface area contributed by atoms with E-state index in [1.807, 2.05) is 23.1 Å². The van der Waals surface area contributed by atoms with Gasteiger partial charge in [0.25, 0.3) is 5.91 Å². The Hall–Kier alpha value is -2.83. The number of hydrogen-bond acceptors (Lipinski definition) is 4. The molecule has 0 atom stereocenters. The third-order valence-corrected chi connectivity index (χ3v) is 6.97. The molecule has 1 aromatic heterocycles.